The number of hydrogen-bond acceptors (Lipinski definition) is 8. The van der Waals surface area contributed by atoms with Crippen LogP contribution in [0, 0.1) is 0 Å². The summed E-state index contributed by atoms with van der Waals surface area (Å²) in [7, 11) is 1.07. The number of phenols is 2. The van der Waals surface area contributed by atoms with Crippen molar-refractivity contribution in [2.45, 2.75) is 4.90 Å². The maximum Gasteiger partial charge on any atom is 0.344 e. The van der Waals surface area contributed by atoms with Crippen LogP contribution in [0.25, 0.3) is 22.5 Å². The first-order chi connectivity index (χ1) is 14.5. The largest absolute Gasteiger partial charge is 0.508 e. The molecule has 0 bridgehead atoms. The van der Waals surface area contributed by atoms with Gasteiger partial charge in [-0.05, 0) is 54.1 Å². The van der Waals surface area contributed by atoms with Gasteiger partial charge >= 0.3 is 11.6 Å². The third kappa shape index (κ3) is 3.87. The maximum absolute atomic E-state index is 12.5. The van der Waals surface area contributed by atoms with Crippen molar-refractivity contribution in [2.75, 3.05) is 0 Å². The summed E-state index contributed by atoms with van der Waals surface area (Å²) in [6, 6.07) is 16.7. The number of thiol groups is 1. The summed E-state index contributed by atoms with van der Waals surface area (Å²) in [4.78, 5) is 25.5. The van der Waals surface area contributed by atoms with E-state index in [1.165, 1.54) is 42.5 Å². The van der Waals surface area contributed by atoms with Crippen LogP contribution >= 0.6 is 22.5 Å². The Bertz CT molecular complexity index is 1250. The summed E-state index contributed by atoms with van der Waals surface area (Å²) in [5.74, 6) is -0.0991. The number of aromatic hydroxyl groups is 2. The molecule has 0 amide bonds. The zero-order chi connectivity index (χ0) is 21.3. The van der Waals surface area contributed by atoms with Gasteiger partial charge in [0.25, 0.3) is 0 Å². The van der Waals surface area contributed by atoms with Crippen molar-refractivity contribution in [3.63, 3.8) is 0 Å². The van der Waals surface area contributed by atoms with Gasteiger partial charge in [-0.15, -0.1) is 11.7 Å². The van der Waals surface area contributed by atoms with Crippen molar-refractivity contribution in [3.05, 3.63) is 82.7 Å². The van der Waals surface area contributed by atoms with Crippen LogP contribution in [-0.2, 0) is 0 Å². The molecule has 2 aromatic carbocycles. The van der Waals surface area contributed by atoms with Crippen LogP contribution < -0.4 is 10.4 Å². The Kier molecular flexibility index (Phi) is 5.43. The van der Waals surface area contributed by atoms with Crippen LogP contribution in [0.4, 0.5) is 0 Å². The second-order valence-electron chi connectivity index (χ2n) is 6.32. The second-order valence-corrected chi connectivity index (χ2v) is 7.49. The molecule has 30 heavy (non-hydrogen) atoms. The van der Waals surface area contributed by atoms with Gasteiger partial charge in [0.2, 0.25) is 0 Å². The lowest BCUT2D eigenvalue weighted by Crippen LogP contribution is -2.08. The summed E-state index contributed by atoms with van der Waals surface area (Å²) in [6.45, 7) is 0. The molecule has 1 aliphatic heterocycles. The van der Waals surface area contributed by atoms with Crippen molar-refractivity contribution >= 4 is 28.4 Å². The highest BCUT2D eigenvalue weighted by atomic mass is 33.1. The average molecular weight is 438 g/mol. The summed E-state index contributed by atoms with van der Waals surface area (Å²) in [5.41, 5.74) is 1.16. The van der Waals surface area contributed by atoms with Crippen molar-refractivity contribution < 1.29 is 24.2 Å². The molecule has 0 radical (unpaired) electrons. The summed E-state index contributed by atoms with van der Waals surface area (Å²) in [5, 5.41) is 18.9. The number of furan rings is 1. The lowest BCUT2D eigenvalue weighted by molar-refractivity contribution is 0.0730. The molecule has 0 atom stereocenters. The van der Waals surface area contributed by atoms with Crippen molar-refractivity contribution in [3.8, 4) is 39.7 Å². The number of esters is 1. The van der Waals surface area contributed by atoms with Crippen LogP contribution in [0.5, 0.6) is 17.2 Å². The Labute approximate surface area is 179 Å². The Balaban J connectivity index is 1.77. The van der Waals surface area contributed by atoms with Crippen LogP contribution in [0.1, 0.15) is 10.4 Å². The van der Waals surface area contributed by atoms with E-state index in [9.17, 15) is 19.8 Å². The molecule has 0 unspecified atom stereocenters. The first kappa shape index (κ1) is 19.9. The predicted molar refractivity (Wildman–Crippen MR) is 117 cm³/mol. The van der Waals surface area contributed by atoms with E-state index in [1.807, 2.05) is 0 Å². The lowest BCUT2D eigenvalue weighted by atomic mass is 10.0. The fourth-order valence-electron chi connectivity index (χ4n) is 2.96. The first-order valence-electron chi connectivity index (χ1n) is 8.69. The zero-order valence-electron chi connectivity index (χ0n) is 15.2. The van der Waals surface area contributed by atoms with Gasteiger partial charge in [-0.2, -0.15) is 0 Å². The van der Waals surface area contributed by atoms with Gasteiger partial charge < -0.3 is 19.4 Å². The molecule has 0 spiro atoms. The molecule has 2 N–H and O–H groups in total. The Morgan fingerprint density at radius 1 is 0.933 bits per heavy atom. The normalized spacial score (nSPS) is 10.8. The van der Waals surface area contributed by atoms with Crippen LogP contribution in [0.2, 0.25) is 0 Å². The van der Waals surface area contributed by atoms with Crippen LogP contribution in [0.15, 0.2) is 80.8 Å². The second kappa shape index (κ2) is 8.17. The number of fused-ring (bicyclic) bond motifs is 1. The number of hydrogen-bond donors (Lipinski definition) is 3. The molecule has 150 valence electrons. The number of carbonyl (C=O) groups excluding carboxylic acids is 1. The molecule has 0 saturated heterocycles. The molecule has 1 aliphatic carbocycles. The van der Waals surface area contributed by atoms with Gasteiger partial charge in [0.15, 0.2) is 0 Å². The third-order valence-corrected chi connectivity index (χ3v) is 5.53. The number of benzene rings is 2. The molecule has 0 saturated carbocycles. The van der Waals surface area contributed by atoms with Gasteiger partial charge in [-0.25, -0.2) is 9.59 Å². The van der Waals surface area contributed by atoms with Crippen molar-refractivity contribution in [1.82, 2.24) is 0 Å². The minimum absolute atomic E-state index is 0.0336. The monoisotopic (exact) mass is 438 g/mol. The first-order valence-corrected chi connectivity index (χ1v) is 10.6. The molecular weight excluding hydrogens is 424 g/mol. The van der Waals surface area contributed by atoms with E-state index in [0.29, 0.717) is 21.6 Å². The molecule has 6 nitrogen and oxygen atoms in total. The highest BCUT2D eigenvalue weighted by Gasteiger charge is 2.21. The standard InChI is InChI=1S/C22H14O6S2/c23-14-5-1-12(2-6-14)20-16-9-10-19(30-29)18(11-17(16)27-22(20)26)28-21(25)13-3-7-15(24)8-4-13/h1-11,23-24,29H. The summed E-state index contributed by atoms with van der Waals surface area (Å²) >= 11 is 4.22. The molecule has 0 fully saturated rings. The molecule has 0 aromatic heterocycles. The maximum atomic E-state index is 12.5. The number of carbonyl (C=O) groups is 1. The molecule has 1 heterocycles. The van der Waals surface area contributed by atoms with Gasteiger partial charge in [-0.3, -0.25) is 0 Å². The van der Waals surface area contributed by atoms with Crippen molar-refractivity contribution in [1.29, 1.82) is 0 Å². The minimum atomic E-state index is -0.634. The molecule has 2 aromatic rings. The van der Waals surface area contributed by atoms with E-state index >= 15 is 0 Å². The van der Waals surface area contributed by atoms with Gasteiger partial charge in [-0.1, -0.05) is 22.9 Å². The quantitative estimate of drug-likeness (QED) is 0.235. The third-order valence-electron chi connectivity index (χ3n) is 4.41. The van der Waals surface area contributed by atoms with E-state index in [0.717, 1.165) is 10.8 Å². The Morgan fingerprint density at radius 2 is 1.57 bits per heavy atom. The zero-order valence-corrected chi connectivity index (χ0v) is 16.9. The summed E-state index contributed by atoms with van der Waals surface area (Å²) < 4.78 is 10.9. The average Bonchev–Trinajstić information content (AvgIpc) is 2.94. The number of ether oxygens (including phenoxy) is 1. The van der Waals surface area contributed by atoms with E-state index in [1.54, 1.807) is 24.3 Å². The van der Waals surface area contributed by atoms with Crippen LogP contribution in [-0.4, -0.2) is 16.2 Å². The Morgan fingerprint density at radius 3 is 2.20 bits per heavy atom. The van der Waals surface area contributed by atoms with Gasteiger partial charge in [0.05, 0.1) is 16.0 Å². The number of phenolic OH excluding ortho intramolecular Hbond substituents is 2. The topological polar surface area (TPSA) is 97.0 Å². The molecular formula is C22H14O6S2. The van der Waals surface area contributed by atoms with E-state index in [-0.39, 0.29) is 28.6 Å². The minimum Gasteiger partial charge on any atom is -0.508 e. The molecule has 4 rings (SSSR count). The highest BCUT2D eigenvalue weighted by Crippen LogP contribution is 2.39. The van der Waals surface area contributed by atoms with E-state index in [2.05, 4.69) is 11.7 Å². The van der Waals surface area contributed by atoms with Gasteiger partial charge in [0.1, 0.15) is 23.0 Å². The summed E-state index contributed by atoms with van der Waals surface area (Å²) in [6.07, 6.45) is 0. The lowest BCUT2D eigenvalue weighted by Gasteiger charge is -2.06. The molecule has 2 aliphatic rings. The molecule has 8 heteroatoms. The van der Waals surface area contributed by atoms with Crippen molar-refractivity contribution in [2.24, 2.45) is 0 Å². The smallest absolute Gasteiger partial charge is 0.344 e. The fraction of sp³-hybridized carbons (Fsp3) is 0. The van der Waals surface area contributed by atoms with E-state index < -0.39 is 11.6 Å². The SMILES string of the molecule is O=C(Oc1cc2oc(=O)c(-c3ccc(O)cc3)c-2ccc1SS)c1ccc(O)cc1. The fourth-order valence-corrected chi connectivity index (χ4v) is 3.73. The number of rotatable bonds is 4. The Hall–Kier alpha value is -3.36. The van der Waals surface area contributed by atoms with Gasteiger partial charge in [0, 0.05) is 11.6 Å². The van der Waals surface area contributed by atoms with E-state index in [4.69, 9.17) is 9.15 Å². The highest BCUT2D eigenvalue weighted by molar-refractivity contribution is 8.68. The van der Waals surface area contributed by atoms with Crippen LogP contribution in [0.3, 0.4) is 0 Å². The predicted octanol–water partition coefficient (Wildman–Crippen LogP) is 4.98.